The summed E-state index contributed by atoms with van der Waals surface area (Å²) in [5.74, 6) is -0.334. The van der Waals surface area contributed by atoms with Crippen LogP contribution in [0.4, 0.5) is 0 Å². The smallest absolute Gasteiger partial charge is 0.246 e. The van der Waals surface area contributed by atoms with Crippen molar-refractivity contribution in [2.75, 3.05) is 39.9 Å². The number of rotatable bonds is 4. The van der Waals surface area contributed by atoms with E-state index in [2.05, 4.69) is 5.10 Å². The van der Waals surface area contributed by atoms with Gasteiger partial charge in [-0.1, -0.05) is 11.6 Å². The van der Waals surface area contributed by atoms with Crippen LogP contribution in [-0.4, -0.2) is 71.3 Å². The quantitative estimate of drug-likeness (QED) is 0.757. The van der Waals surface area contributed by atoms with Gasteiger partial charge in [-0.3, -0.25) is 14.3 Å². The Balaban J connectivity index is 1.94. The highest BCUT2D eigenvalue weighted by molar-refractivity contribution is 6.31. The summed E-state index contributed by atoms with van der Waals surface area (Å²) in [7, 11) is 3.34. The van der Waals surface area contributed by atoms with Crippen LogP contribution in [0.15, 0.2) is 6.08 Å². The lowest BCUT2D eigenvalue weighted by atomic mass is 10.2. The Morgan fingerprint density at radius 2 is 2.04 bits per heavy atom. The van der Waals surface area contributed by atoms with Crippen LogP contribution in [0.1, 0.15) is 11.3 Å². The molecule has 1 fully saturated rings. The zero-order chi connectivity index (χ0) is 17.0. The van der Waals surface area contributed by atoms with Gasteiger partial charge in [0.1, 0.15) is 5.15 Å². The van der Waals surface area contributed by atoms with E-state index in [1.54, 1.807) is 29.8 Å². The first-order valence-corrected chi connectivity index (χ1v) is 7.75. The highest BCUT2D eigenvalue weighted by Crippen LogP contribution is 2.20. The predicted octanol–water partition coefficient (Wildman–Crippen LogP) is 0.712. The Morgan fingerprint density at radius 3 is 2.61 bits per heavy atom. The van der Waals surface area contributed by atoms with Crippen LogP contribution in [0, 0.1) is 6.92 Å². The Kier molecular flexibility index (Phi) is 5.79. The summed E-state index contributed by atoms with van der Waals surface area (Å²) in [6, 6.07) is 0. The zero-order valence-corrected chi connectivity index (χ0v) is 14.3. The number of carbonyl (C=O) groups excluding carboxylic acids is 2. The van der Waals surface area contributed by atoms with Gasteiger partial charge in [0, 0.05) is 38.8 Å². The standard InChI is InChI=1S/C15H21ClN4O3/c1-11-12(15(16)19(3)17-11)4-5-13(21)18(2)10-14(22)20-6-8-23-9-7-20/h4-5H,6-10H2,1-3H3. The fourth-order valence-corrected chi connectivity index (χ4v) is 2.55. The van der Waals surface area contributed by atoms with Crippen LogP contribution in [0.2, 0.25) is 5.15 Å². The average Bonchev–Trinajstić information content (AvgIpc) is 2.78. The van der Waals surface area contributed by atoms with Gasteiger partial charge in [-0.25, -0.2) is 0 Å². The predicted molar refractivity (Wildman–Crippen MR) is 87.0 cm³/mol. The van der Waals surface area contributed by atoms with Crippen molar-refractivity contribution in [2.45, 2.75) is 6.92 Å². The summed E-state index contributed by atoms with van der Waals surface area (Å²) in [6.45, 7) is 4.09. The molecule has 0 spiro atoms. The number of aryl methyl sites for hydroxylation is 2. The maximum atomic E-state index is 12.1. The second kappa shape index (κ2) is 7.61. The fourth-order valence-electron chi connectivity index (χ4n) is 2.31. The summed E-state index contributed by atoms with van der Waals surface area (Å²) in [4.78, 5) is 27.3. The van der Waals surface area contributed by atoms with Crippen molar-refractivity contribution in [3.8, 4) is 0 Å². The minimum Gasteiger partial charge on any atom is -0.378 e. The van der Waals surface area contributed by atoms with Gasteiger partial charge >= 0.3 is 0 Å². The third-order valence-electron chi connectivity index (χ3n) is 3.70. The number of hydrogen-bond acceptors (Lipinski definition) is 4. The molecule has 8 heteroatoms. The molecule has 126 valence electrons. The number of aromatic nitrogens is 2. The van der Waals surface area contributed by atoms with E-state index < -0.39 is 0 Å². The fraction of sp³-hybridized carbons (Fsp3) is 0.533. The molecule has 0 N–H and O–H groups in total. The zero-order valence-electron chi connectivity index (χ0n) is 13.6. The van der Waals surface area contributed by atoms with Gasteiger partial charge in [0.2, 0.25) is 11.8 Å². The van der Waals surface area contributed by atoms with Gasteiger partial charge < -0.3 is 14.5 Å². The maximum absolute atomic E-state index is 12.1. The van der Waals surface area contributed by atoms with Crippen molar-refractivity contribution < 1.29 is 14.3 Å². The van der Waals surface area contributed by atoms with Crippen molar-refractivity contribution in [3.05, 3.63) is 22.5 Å². The highest BCUT2D eigenvalue weighted by atomic mass is 35.5. The molecule has 1 aromatic rings. The lowest BCUT2D eigenvalue weighted by Crippen LogP contribution is -2.45. The first-order valence-electron chi connectivity index (χ1n) is 7.38. The van der Waals surface area contributed by atoms with Crippen LogP contribution < -0.4 is 0 Å². The number of hydrogen-bond donors (Lipinski definition) is 0. The monoisotopic (exact) mass is 340 g/mol. The number of morpholine rings is 1. The van der Waals surface area contributed by atoms with Crippen LogP contribution in [0.3, 0.4) is 0 Å². The lowest BCUT2D eigenvalue weighted by Gasteiger charge is -2.28. The van der Waals surface area contributed by atoms with Crippen molar-refractivity contribution in [1.29, 1.82) is 0 Å². The molecule has 7 nitrogen and oxygen atoms in total. The van der Waals surface area contributed by atoms with E-state index >= 15 is 0 Å². The van der Waals surface area contributed by atoms with E-state index in [0.29, 0.717) is 37.0 Å². The van der Waals surface area contributed by atoms with Gasteiger partial charge in [0.05, 0.1) is 25.5 Å². The number of likely N-dealkylation sites (N-methyl/N-ethyl adjacent to an activating group) is 1. The second-order valence-electron chi connectivity index (χ2n) is 5.43. The van der Waals surface area contributed by atoms with E-state index in [-0.39, 0.29) is 18.4 Å². The molecule has 2 heterocycles. The van der Waals surface area contributed by atoms with Crippen molar-refractivity contribution in [3.63, 3.8) is 0 Å². The Labute approximate surface area is 140 Å². The SMILES string of the molecule is Cc1nn(C)c(Cl)c1C=CC(=O)N(C)CC(=O)N1CCOCC1. The van der Waals surface area contributed by atoms with Gasteiger partial charge in [0.25, 0.3) is 0 Å². The third-order valence-corrected chi connectivity index (χ3v) is 4.15. The Bertz CT molecular complexity index is 620. The molecule has 2 amide bonds. The molecule has 0 aromatic carbocycles. The molecule has 0 unspecified atom stereocenters. The van der Waals surface area contributed by atoms with E-state index in [9.17, 15) is 9.59 Å². The van der Waals surface area contributed by atoms with Gasteiger partial charge in [-0.05, 0) is 13.0 Å². The minimum atomic E-state index is -0.258. The van der Waals surface area contributed by atoms with Gasteiger partial charge in [-0.2, -0.15) is 5.10 Å². The summed E-state index contributed by atoms with van der Waals surface area (Å²) in [5.41, 5.74) is 1.45. The van der Waals surface area contributed by atoms with Crippen molar-refractivity contribution >= 4 is 29.5 Å². The topological polar surface area (TPSA) is 67.7 Å². The number of amides is 2. The molecule has 1 aliphatic heterocycles. The lowest BCUT2D eigenvalue weighted by molar-refractivity contribution is -0.140. The molecule has 0 saturated carbocycles. The Morgan fingerprint density at radius 1 is 1.39 bits per heavy atom. The molecule has 0 radical (unpaired) electrons. The molecular formula is C15H21ClN4O3. The molecule has 0 aliphatic carbocycles. The molecule has 1 aliphatic rings. The number of nitrogens with zero attached hydrogens (tertiary/aromatic N) is 4. The Hall–Kier alpha value is -1.86. The van der Waals surface area contributed by atoms with Crippen LogP contribution in [-0.2, 0) is 21.4 Å². The van der Waals surface area contributed by atoms with E-state index in [4.69, 9.17) is 16.3 Å². The molecule has 1 saturated heterocycles. The van der Waals surface area contributed by atoms with Gasteiger partial charge in [0.15, 0.2) is 0 Å². The minimum absolute atomic E-state index is 0.0446. The van der Waals surface area contributed by atoms with Gasteiger partial charge in [-0.15, -0.1) is 0 Å². The van der Waals surface area contributed by atoms with Crippen LogP contribution >= 0.6 is 11.6 Å². The number of ether oxygens (including phenoxy) is 1. The normalized spacial score (nSPS) is 15.2. The largest absolute Gasteiger partial charge is 0.378 e. The summed E-state index contributed by atoms with van der Waals surface area (Å²) < 4.78 is 6.76. The van der Waals surface area contributed by atoms with Crippen LogP contribution in [0.25, 0.3) is 6.08 Å². The molecule has 0 atom stereocenters. The highest BCUT2D eigenvalue weighted by Gasteiger charge is 2.19. The molecule has 2 rings (SSSR count). The van der Waals surface area contributed by atoms with E-state index in [1.165, 1.54) is 11.0 Å². The van der Waals surface area contributed by atoms with E-state index in [0.717, 1.165) is 5.69 Å². The van der Waals surface area contributed by atoms with Crippen molar-refractivity contribution in [1.82, 2.24) is 19.6 Å². The second-order valence-corrected chi connectivity index (χ2v) is 5.79. The number of halogens is 1. The molecule has 0 bridgehead atoms. The molecule has 23 heavy (non-hydrogen) atoms. The average molecular weight is 341 g/mol. The number of carbonyl (C=O) groups is 2. The molecular weight excluding hydrogens is 320 g/mol. The first kappa shape index (κ1) is 17.5. The van der Waals surface area contributed by atoms with Crippen LogP contribution in [0.5, 0.6) is 0 Å². The summed E-state index contributed by atoms with van der Waals surface area (Å²) >= 11 is 6.11. The first-order chi connectivity index (χ1) is 10.9. The maximum Gasteiger partial charge on any atom is 0.246 e. The third kappa shape index (κ3) is 4.33. The van der Waals surface area contributed by atoms with E-state index in [1.807, 2.05) is 6.92 Å². The summed E-state index contributed by atoms with van der Waals surface area (Å²) in [6.07, 6.45) is 3.03. The van der Waals surface area contributed by atoms with Crippen molar-refractivity contribution in [2.24, 2.45) is 7.05 Å². The molecule has 1 aromatic heterocycles. The summed E-state index contributed by atoms with van der Waals surface area (Å²) in [5, 5.41) is 4.65.